The maximum absolute atomic E-state index is 5.79. The summed E-state index contributed by atoms with van der Waals surface area (Å²) in [5.41, 5.74) is 5.79. The van der Waals surface area contributed by atoms with Gasteiger partial charge in [-0.1, -0.05) is 0 Å². The largest absolute Gasteiger partial charge is 0.322 e. The van der Waals surface area contributed by atoms with E-state index in [1.807, 2.05) is 13.8 Å². The predicted molar refractivity (Wildman–Crippen MR) is 54.3 cm³/mol. The molecule has 0 aromatic carbocycles. The van der Waals surface area contributed by atoms with Crippen LogP contribution in [0.25, 0.3) is 5.95 Å². The van der Waals surface area contributed by atoms with E-state index in [0.717, 1.165) is 0 Å². The second-order valence-corrected chi connectivity index (χ2v) is 3.27. The van der Waals surface area contributed by atoms with E-state index in [1.165, 1.54) is 0 Å². The van der Waals surface area contributed by atoms with E-state index in [-0.39, 0.29) is 6.04 Å². The van der Waals surface area contributed by atoms with Gasteiger partial charge >= 0.3 is 0 Å². The molecule has 6 heteroatoms. The molecule has 15 heavy (non-hydrogen) atoms. The highest BCUT2D eigenvalue weighted by Gasteiger charge is 2.14. The summed E-state index contributed by atoms with van der Waals surface area (Å²) in [5, 5.41) is 4.20. The highest BCUT2D eigenvalue weighted by molar-refractivity contribution is 5.13. The van der Waals surface area contributed by atoms with Crippen molar-refractivity contribution < 1.29 is 0 Å². The standard InChI is InChI=1S/C9H12N6/c1-6(10)8-13-7(2)14-15(8)9-11-4-3-5-12-9/h3-6H,10H2,1-2H3/t6-/m0/s1. The molecule has 2 rings (SSSR count). The van der Waals surface area contributed by atoms with E-state index in [9.17, 15) is 0 Å². The molecule has 0 saturated carbocycles. The van der Waals surface area contributed by atoms with Crippen molar-refractivity contribution in [1.29, 1.82) is 0 Å². The molecule has 6 nitrogen and oxygen atoms in total. The van der Waals surface area contributed by atoms with Gasteiger partial charge in [0.05, 0.1) is 6.04 Å². The highest BCUT2D eigenvalue weighted by atomic mass is 15.4. The van der Waals surface area contributed by atoms with Crippen molar-refractivity contribution in [3.63, 3.8) is 0 Å². The number of hydrogen-bond donors (Lipinski definition) is 1. The molecule has 78 valence electrons. The van der Waals surface area contributed by atoms with Crippen LogP contribution in [0.3, 0.4) is 0 Å². The Kier molecular flexibility index (Phi) is 2.42. The van der Waals surface area contributed by atoms with Gasteiger partial charge in [-0.2, -0.15) is 4.68 Å². The predicted octanol–water partition coefficient (Wildman–Crippen LogP) is 0.385. The van der Waals surface area contributed by atoms with Crippen molar-refractivity contribution in [1.82, 2.24) is 24.7 Å². The maximum Gasteiger partial charge on any atom is 0.252 e. The van der Waals surface area contributed by atoms with E-state index in [1.54, 1.807) is 23.1 Å². The molecule has 2 aromatic rings. The molecule has 0 fully saturated rings. The molecule has 0 aliphatic rings. The Morgan fingerprint density at radius 1 is 1.33 bits per heavy atom. The summed E-state index contributed by atoms with van der Waals surface area (Å²) in [6.45, 7) is 3.66. The number of rotatable bonds is 2. The zero-order valence-electron chi connectivity index (χ0n) is 8.62. The molecule has 0 aliphatic carbocycles. The van der Waals surface area contributed by atoms with E-state index < -0.39 is 0 Å². The summed E-state index contributed by atoms with van der Waals surface area (Å²) in [6.07, 6.45) is 3.31. The third-order valence-corrected chi connectivity index (χ3v) is 1.89. The maximum atomic E-state index is 5.79. The summed E-state index contributed by atoms with van der Waals surface area (Å²) < 4.78 is 1.57. The summed E-state index contributed by atoms with van der Waals surface area (Å²) in [5.74, 6) is 1.82. The fourth-order valence-electron chi connectivity index (χ4n) is 1.27. The minimum absolute atomic E-state index is 0.199. The lowest BCUT2D eigenvalue weighted by Gasteiger charge is -2.05. The zero-order valence-corrected chi connectivity index (χ0v) is 8.62. The summed E-state index contributed by atoms with van der Waals surface area (Å²) >= 11 is 0. The topological polar surface area (TPSA) is 82.5 Å². The monoisotopic (exact) mass is 204 g/mol. The molecule has 0 aliphatic heterocycles. The Morgan fingerprint density at radius 3 is 2.60 bits per heavy atom. The van der Waals surface area contributed by atoms with Crippen LogP contribution in [-0.2, 0) is 0 Å². The van der Waals surface area contributed by atoms with Crippen molar-refractivity contribution in [3.05, 3.63) is 30.1 Å². The lowest BCUT2D eigenvalue weighted by Crippen LogP contribution is -2.14. The van der Waals surface area contributed by atoms with Gasteiger partial charge in [0.2, 0.25) is 0 Å². The lowest BCUT2D eigenvalue weighted by molar-refractivity contribution is 0.668. The molecule has 0 amide bonds. The van der Waals surface area contributed by atoms with Crippen molar-refractivity contribution in [2.45, 2.75) is 19.9 Å². The first-order valence-electron chi connectivity index (χ1n) is 4.65. The molecule has 0 saturated heterocycles. The van der Waals surface area contributed by atoms with Gasteiger partial charge in [-0.25, -0.2) is 15.0 Å². The molecule has 1 atom stereocenters. The van der Waals surface area contributed by atoms with Crippen LogP contribution in [-0.4, -0.2) is 24.7 Å². The second-order valence-electron chi connectivity index (χ2n) is 3.27. The van der Waals surface area contributed by atoms with Gasteiger partial charge < -0.3 is 5.73 Å². The van der Waals surface area contributed by atoms with Crippen LogP contribution >= 0.6 is 0 Å². The molecule has 0 unspecified atom stereocenters. The van der Waals surface area contributed by atoms with Crippen LogP contribution in [0.1, 0.15) is 24.6 Å². The quantitative estimate of drug-likeness (QED) is 0.764. The number of nitrogens with zero attached hydrogens (tertiary/aromatic N) is 5. The molecule has 0 spiro atoms. The van der Waals surface area contributed by atoms with Gasteiger partial charge in [-0.3, -0.25) is 0 Å². The van der Waals surface area contributed by atoms with Gasteiger partial charge in [0.15, 0.2) is 5.82 Å². The third-order valence-electron chi connectivity index (χ3n) is 1.89. The third kappa shape index (κ3) is 1.84. The van der Waals surface area contributed by atoms with Crippen molar-refractivity contribution in [2.24, 2.45) is 5.73 Å². The molecule has 2 aromatic heterocycles. The van der Waals surface area contributed by atoms with E-state index in [4.69, 9.17) is 5.73 Å². The number of nitrogens with two attached hydrogens (primary N) is 1. The van der Waals surface area contributed by atoms with Crippen LogP contribution in [0.5, 0.6) is 0 Å². The average molecular weight is 204 g/mol. The van der Waals surface area contributed by atoms with Gasteiger partial charge in [0.1, 0.15) is 5.82 Å². The zero-order chi connectivity index (χ0) is 10.8. The smallest absolute Gasteiger partial charge is 0.252 e. The Balaban J connectivity index is 2.53. The molecule has 2 N–H and O–H groups in total. The van der Waals surface area contributed by atoms with Crippen molar-refractivity contribution in [3.8, 4) is 5.95 Å². The fraction of sp³-hybridized carbons (Fsp3) is 0.333. The first kappa shape index (κ1) is 9.72. The van der Waals surface area contributed by atoms with E-state index in [0.29, 0.717) is 17.6 Å². The molecule has 0 bridgehead atoms. The summed E-state index contributed by atoms with van der Waals surface area (Å²) in [4.78, 5) is 12.4. The minimum atomic E-state index is -0.199. The molecule has 0 radical (unpaired) electrons. The van der Waals surface area contributed by atoms with Crippen LogP contribution in [0.15, 0.2) is 18.5 Å². The Bertz CT molecular complexity index is 447. The fourth-order valence-corrected chi connectivity index (χ4v) is 1.27. The van der Waals surface area contributed by atoms with E-state index in [2.05, 4.69) is 20.1 Å². The van der Waals surface area contributed by atoms with Gasteiger partial charge in [-0.05, 0) is 19.9 Å². The van der Waals surface area contributed by atoms with Crippen molar-refractivity contribution in [2.75, 3.05) is 0 Å². The van der Waals surface area contributed by atoms with Gasteiger partial charge in [0.25, 0.3) is 5.95 Å². The molecular formula is C9H12N6. The minimum Gasteiger partial charge on any atom is -0.322 e. The molecule has 2 heterocycles. The summed E-state index contributed by atoms with van der Waals surface area (Å²) in [6, 6.07) is 1.55. The first-order chi connectivity index (χ1) is 7.18. The normalized spacial score (nSPS) is 12.7. The lowest BCUT2D eigenvalue weighted by atomic mass is 10.3. The van der Waals surface area contributed by atoms with Gasteiger partial charge in [-0.15, -0.1) is 5.10 Å². The van der Waals surface area contributed by atoms with Crippen LogP contribution in [0.2, 0.25) is 0 Å². The Labute approximate surface area is 87.2 Å². The van der Waals surface area contributed by atoms with Crippen LogP contribution < -0.4 is 5.73 Å². The first-order valence-corrected chi connectivity index (χ1v) is 4.65. The average Bonchev–Trinajstić information content (AvgIpc) is 2.62. The Morgan fingerprint density at radius 2 is 2.00 bits per heavy atom. The second kappa shape index (κ2) is 3.74. The molecular weight excluding hydrogens is 192 g/mol. The van der Waals surface area contributed by atoms with E-state index >= 15 is 0 Å². The van der Waals surface area contributed by atoms with Crippen LogP contribution in [0.4, 0.5) is 0 Å². The number of aryl methyl sites for hydroxylation is 1. The highest BCUT2D eigenvalue weighted by Crippen LogP contribution is 2.10. The summed E-state index contributed by atoms with van der Waals surface area (Å²) in [7, 11) is 0. The number of hydrogen-bond acceptors (Lipinski definition) is 5. The van der Waals surface area contributed by atoms with Gasteiger partial charge in [0, 0.05) is 12.4 Å². The number of aromatic nitrogens is 5. The van der Waals surface area contributed by atoms with Crippen molar-refractivity contribution >= 4 is 0 Å². The SMILES string of the molecule is Cc1nc([C@H](C)N)n(-c2ncccn2)n1. The Hall–Kier alpha value is -1.82. The van der Waals surface area contributed by atoms with Crippen LogP contribution in [0, 0.1) is 6.92 Å².